The third-order valence-electron chi connectivity index (χ3n) is 1.20. The van der Waals surface area contributed by atoms with E-state index in [0.29, 0.717) is 0 Å². The summed E-state index contributed by atoms with van der Waals surface area (Å²) in [5.41, 5.74) is 0. The minimum atomic E-state index is -0.899. The van der Waals surface area contributed by atoms with Gasteiger partial charge in [0.05, 0.1) is 0 Å². The number of hydrogen-bond acceptors (Lipinski definition) is 2. The number of rotatable bonds is 5. The van der Waals surface area contributed by atoms with Gasteiger partial charge in [-0.2, -0.15) is 0 Å². The lowest BCUT2D eigenvalue weighted by Crippen LogP contribution is -1.98. The van der Waals surface area contributed by atoms with Gasteiger partial charge in [0, 0.05) is 6.42 Å². The van der Waals surface area contributed by atoms with Crippen LogP contribution in [-0.4, -0.2) is 21.6 Å². The molecule has 0 saturated heterocycles. The van der Waals surface area contributed by atoms with Crippen LogP contribution >= 0.6 is 11.6 Å². The van der Waals surface area contributed by atoms with Crippen LogP contribution in [0.15, 0.2) is 24.5 Å². The van der Waals surface area contributed by atoms with Crippen molar-refractivity contribution in [2.45, 2.75) is 18.2 Å². The van der Waals surface area contributed by atoms with Gasteiger partial charge in [0.15, 0.2) is 0 Å². The third-order valence-corrected chi connectivity index (χ3v) is 1.60. The van der Waals surface area contributed by atoms with E-state index in [1.54, 1.807) is 0 Å². The molecule has 2 N–H and O–H groups in total. The average molecular weight is 191 g/mol. The fourth-order valence-electron chi connectivity index (χ4n) is 0.577. The number of aliphatic carboxylic acids is 1. The Morgan fingerprint density at radius 1 is 1.58 bits per heavy atom. The Hall–Kier alpha value is -0.960. The summed E-state index contributed by atoms with van der Waals surface area (Å²) in [5.74, 6) is -0.948. The Morgan fingerprint density at radius 2 is 2.17 bits per heavy atom. The summed E-state index contributed by atoms with van der Waals surface area (Å²) in [7, 11) is 0. The molecule has 0 spiro atoms. The van der Waals surface area contributed by atoms with Crippen molar-refractivity contribution in [3.8, 4) is 0 Å². The molecule has 0 aromatic carbocycles. The van der Waals surface area contributed by atoms with Crippen LogP contribution in [0.3, 0.4) is 0 Å². The Balaban J connectivity index is 3.83. The van der Waals surface area contributed by atoms with Crippen molar-refractivity contribution < 1.29 is 15.0 Å². The monoisotopic (exact) mass is 190 g/mol. The maximum Gasteiger partial charge on any atom is 0.303 e. The highest BCUT2D eigenvalue weighted by Crippen LogP contribution is 2.08. The molecule has 0 aliphatic heterocycles. The number of aliphatic hydroxyl groups is 1. The molecular formula is C8H11ClO3. The van der Waals surface area contributed by atoms with Gasteiger partial charge in [-0.25, -0.2) is 0 Å². The molecule has 0 aromatic heterocycles. The molecule has 0 rings (SSSR count). The molecule has 4 heteroatoms. The van der Waals surface area contributed by atoms with Crippen molar-refractivity contribution >= 4 is 17.6 Å². The standard InChI is InChI=1S/C8H11ClO3/c1-2-6(9)7(10)4-3-5-8(11)12/h2,4,6,10H,1,3,5H2,(H,11,12). The molecule has 0 amide bonds. The molecule has 1 unspecified atom stereocenters. The predicted octanol–water partition coefficient (Wildman–Crippen LogP) is 2.09. The van der Waals surface area contributed by atoms with Crippen LogP contribution in [0.25, 0.3) is 0 Å². The number of allylic oxidation sites excluding steroid dienone is 2. The Bertz CT molecular complexity index is 198. The maximum absolute atomic E-state index is 10.1. The number of hydrogen-bond donors (Lipinski definition) is 2. The molecule has 0 aliphatic carbocycles. The quantitative estimate of drug-likeness (QED) is 0.397. The van der Waals surface area contributed by atoms with Crippen LogP contribution in [-0.2, 0) is 4.79 Å². The van der Waals surface area contributed by atoms with Gasteiger partial charge in [0.2, 0.25) is 0 Å². The molecule has 0 heterocycles. The molecule has 0 saturated carbocycles. The van der Waals surface area contributed by atoms with Gasteiger partial charge in [-0.3, -0.25) is 4.79 Å². The van der Waals surface area contributed by atoms with Gasteiger partial charge in [0.1, 0.15) is 11.1 Å². The minimum absolute atomic E-state index is 0.00912. The van der Waals surface area contributed by atoms with Crippen LogP contribution in [0, 0.1) is 0 Å². The minimum Gasteiger partial charge on any atom is -0.511 e. The van der Waals surface area contributed by atoms with Crippen LogP contribution in [0.2, 0.25) is 0 Å². The van der Waals surface area contributed by atoms with E-state index in [2.05, 4.69) is 6.58 Å². The summed E-state index contributed by atoms with van der Waals surface area (Å²) < 4.78 is 0. The second-order valence-corrected chi connectivity index (χ2v) is 2.67. The lowest BCUT2D eigenvalue weighted by atomic mass is 10.2. The van der Waals surface area contributed by atoms with E-state index in [0.717, 1.165) is 0 Å². The van der Waals surface area contributed by atoms with Gasteiger partial charge >= 0.3 is 5.97 Å². The Morgan fingerprint density at radius 3 is 2.58 bits per heavy atom. The van der Waals surface area contributed by atoms with Crippen molar-refractivity contribution in [1.82, 2.24) is 0 Å². The molecule has 0 fully saturated rings. The van der Waals surface area contributed by atoms with E-state index < -0.39 is 11.3 Å². The van der Waals surface area contributed by atoms with Gasteiger partial charge < -0.3 is 10.2 Å². The smallest absolute Gasteiger partial charge is 0.303 e. The molecule has 12 heavy (non-hydrogen) atoms. The van der Waals surface area contributed by atoms with Crippen molar-refractivity contribution in [3.05, 3.63) is 24.5 Å². The SMILES string of the molecule is C=CC(Cl)C(O)=CCCC(=O)O. The van der Waals surface area contributed by atoms with Crippen molar-refractivity contribution in [2.24, 2.45) is 0 Å². The van der Waals surface area contributed by atoms with Gasteiger partial charge in [-0.15, -0.1) is 18.2 Å². The first-order chi connectivity index (χ1) is 5.57. The lowest BCUT2D eigenvalue weighted by molar-refractivity contribution is -0.136. The van der Waals surface area contributed by atoms with Crippen molar-refractivity contribution in [2.75, 3.05) is 0 Å². The summed E-state index contributed by atoms with van der Waals surface area (Å²) in [6.07, 6.45) is 3.02. The normalized spacial score (nSPS) is 13.9. The first-order valence-electron chi connectivity index (χ1n) is 3.45. The predicted molar refractivity (Wildman–Crippen MR) is 47.4 cm³/mol. The Labute approximate surface area is 76.0 Å². The summed E-state index contributed by atoms with van der Waals surface area (Å²) in [5, 5.41) is 16.7. The van der Waals surface area contributed by atoms with Crippen LogP contribution in [0.5, 0.6) is 0 Å². The van der Waals surface area contributed by atoms with Gasteiger partial charge in [-0.05, 0) is 12.5 Å². The summed E-state index contributed by atoms with van der Waals surface area (Å²) >= 11 is 5.55. The summed E-state index contributed by atoms with van der Waals surface area (Å²) in [6, 6.07) is 0. The number of alkyl halides is 1. The largest absolute Gasteiger partial charge is 0.511 e. The maximum atomic E-state index is 10.1. The van der Waals surface area contributed by atoms with E-state index in [-0.39, 0.29) is 18.6 Å². The topological polar surface area (TPSA) is 57.5 Å². The highest BCUT2D eigenvalue weighted by Gasteiger charge is 2.03. The zero-order valence-electron chi connectivity index (χ0n) is 6.53. The second-order valence-electron chi connectivity index (χ2n) is 2.20. The first kappa shape index (κ1) is 11.0. The summed E-state index contributed by atoms with van der Waals surface area (Å²) in [4.78, 5) is 10.1. The molecule has 0 aliphatic rings. The van der Waals surface area contributed by atoms with E-state index in [1.807, 2.05) is 0 Å². The van der Waals surface area contributed by atoms with Gasteiger partial charge in [0.25, 0.3) is 0 Å². The number of carbonyl (C=O) groups is 1. The van der Waals surface area contributed by atoms with Crippen LogP contribution in [0.4, 0.5) is 0 Å². The van der Waals surface area contributed by atoms with Crippen LogP contribution < -0.4 is 0 Å². The molecule has 1 atom stereocenters. The summed E-state index contributed by atoms with van der Waals surface area (Å²) in [6.45, 7) is 3.38. The lowest BCUT2D eigenvalue weighted by Gasteiger charge is -2.00. The second kappa shape index (κ2) is 5.66. The molecular weight excluding hydrogens is 180 g/mol. The average Bonchev–Trinajstić information content (AvgIpc) is 2.02. The van der Waals surface area contributed by atoms with Crippen molar-refractivity contribution in [3.63, 3.8) is 0 Å². The Kier molecular flexibility index (Phi) is 5.21. The van der Waals surface area contributed by atoms with Crippen molar-refractivity contribution in [1.29, 1.82) is 0 Å². The van der Waals surface area contributed by atoms with E-state index in [4.69, 9.17) is 21.8 Å². The fraction of sp³-hybridized carbons (Fsp3) is 0.375. The van der Waals surface area contributed by atoms with Gasteiger partial charge in [-0.1, -0.05) is 6.08 Å². The molecule has 0 radical (unpaired) electrons. The zero-order chi connectivity index (χ0) is 9.56. The van der Waals surface area contributed by atoms with E-state index >= 15 is 0 Å². The zero-order valence-corrected chi connectivity index (χ0v) is 7.29. The van der Waals surface area contributed by atoms with E-state index in [1.165, 1.54) is 12.2 Å². The molecule has 0 bridgehead atoms. The number of aliphatic hydroxyl groups excluding tert-OH is 1. The number of carboxylic acid groups (broad SMARTS) is 1. The third kappa shape index (κ3) is 4.79. The molecule has 68 valence electrons. The highest BCUT2D eigenvalue weighted by molar-refractivity contribution is 6.23. The number of carboxylic acids is 1. The number of halogens is 1. The highest BCUT2D eigenvalue weighted by atomic mass is 35.5. The van der Waals surface area contributed by atoms with Crippen LogP contribution in [0.1, 0.15) is 12.8 Å². The molecule has 3 nitrogen and oxygen atoms in total. The fourth-order valence-corrected chi connectivity index (χ4v) is 0.666. The van der Waals surface area contributed by atoms with E-state index in [9.17, 15) is 4.79 Å². The molecule has 0 aromatic rings. The first-order valence-corrected chi connectivity index (χ1v) is 3.89.